The molecule has 0 saturated carbocycles. The minimum absolute atomic E-state index is 0.316. The monoisotopic (exact) mass is 291 g/mol. The first-order valence-corrected chi connectivity index (χ1v) is 6.99. The van der Waals surface area contributed by atoms with Gasteiger partial charge in [-0.2, -0.15) is 5.10 Å². The molecule has 0 radical (unpaired) electrons. The highest BCUT2D eigenvalue weighted by atomic mass is 16.4. The van der Waals surface area contributed by atoms with Crippen LogP contribution in [0.3, 0.4) is 0 Å². The van der Waals surface area contributed by atoms with E-state index in [-0.39, 0.29) is 0 Å². The maximum absolute atomic E-state index is 11.3. The second-order valence-electron chi connectivity index (χ2n) is 5.36. The maximum atomic E-state index is 11.3. The molecule has 0 atom stereocenters. The summed E-state index contributed by atoms with van der Waals surface area (Å²) >= 11 is 0. The molecule has 1 aromatic carbocycles. The van der Waals surface area contributed by atoms with Crippen LogP contribution in [0.1, 0.15) is 27.3 Å². The summed E-state index contributed by atoms with van der Waals surface area (Å²) in [6.07, 6.45) is 4.03. The third-order valence-corrected chi connectivity index (χ3v) is 4.06. The Morgan fingerprint density at radius 2 is 2.09 bits per heavy atom. The van der Waals surface area contributed by atoms with Gasteiger partial charge in [-0.3, -0.25) is 9.67 Å². The van der Waals surface area contributed by atoms with Crippen LogP contribution in [0.5, 0.6) is 0 Å². The highest BCUT2D eigenvalue weighted by molar-refractivity contribution is 6.00. The molecule has 1 N–H and O–H groups in total. The number of rotatable bonds is 2. The smallest absolute Gasteiger partial charge is 0.336 e. The average Bonchev–Trinajstić information content (AvgIpc) is 3.08. The number of fused-ring (bicyclic) bond motifs is 2. The lowest BCUT2D eigenvalue weighted by Crippen LogP contribution is -2.03. The van der Waals surface area contributed by atoms with Gasteiger partial charge in [-0.15, -0.1) is 0 Å². The Balaban J connectivity index is 1.86. The summed E-state index contributed by atoms with van der Waals surface area (Å²) in [7, 11) is 1.91. The fourth-order valence-electron chi connectivity index (χ4n) is 3.03. The molecule has 0 amide bonds. The van der Waals surface area contributed by atoms with E-state index in [1.54, 1.807) is 6.07 Å². The SMILES string of the molecule is Cn1nc(C2=Cc3nccc(C(=O)O)c3C2)c2ccccc21. The van der Waals surface area contributed by atoms with Crippen molar-refractivity contribution in [3.8, 4) is 0 Å². The van der Waals surface area contributed by atoms with Crippen LogP contribution >= 0.6 is 0 Å². The largest absolute Gasteiger partial charge is 0.478 e. The van der Waals surface area contributed by atoms with E-state index in [4.69, 9.17) is 0 Å². The first-order valence-electron chi connectivity index (χ1n) is 6.99. The first kappa shape index (κ1) is 12.8. The minimum Gasteiger partial charge on any atom is -0.478 e. The van der Waals surface area contributed by atoms with Crippen molar-refractivity contribution in [3.05, 3.63) is 59.0 Å². The van der Waals surface area contributed by atoms with Crippen LogP contribution in [0.2, 0.25) is 0 Å². The van der Waals surface area contributed by atoms with Crippen LogP contribution in [-0.4, -0.2) is 25.8 Å². The molecule has 22 heavy (non-hydrogen) atoms. The Hall–Kier alpha value is -2.95. The predicted molar refractivity (Wildman–Crippen MR) is 83.5 cm³/mol. The Morgan fingerprint density at radius 1 is 1.27 bits per heavy atom. The molecule has 108 valence electrons. The van der Waals surface area contributed by atoms with Crippen LogP contribution in [0, 0.1) is 0 Å². The highest BCUT2D eigenvalue weighted by Gasteiger charge is 2.24. The average molecular weight is 291 g/mol. The van der Waals surface area contributed by atoms with E-state index in [2.05, 4.69) is 10.1 Å². The van der Waals surface area contributed by atoms with Gasteiger partial charge in [0, 0.05) is 25.1 Å². The lowest BCUT2D eigenvalue weighted by Gasteiger charge is -2.03. The third-order valence-electron chi connectivity index (χ3n) is 4.06. The summed E-state index contributed by atoms with van der Waals surface area (Å²) in [4.78, 5) is 15.6. The maximum Gasteiger partial charge on any atom is 0.336 e. The summed E-state index contributed by atoms with van der Waals surface area (Å²) in [6, 6.07) is 9.57. The van der Waals surface area contributed by atoms with Gasteiger partial charge in [0.1, 0.15) is 0 Å². The van der Waals surface area contributed by atoms with Gasteiger partial charge in [-0.1, -0.05) is 18.2 Å². The second kappa shape index (κ2) is 4.53. The lowest BCUT2D eigenvalue weighted by atomic mass is 10.0. The summed E-state index contributed by atoms with van der Waals surface area (Å²) in [5, 5.41) is 15.0. The standard InChI is InChI=1S/C17H13N3O2/c1-20-15-5-3-2-4-12(15)16(19-20)10-8-13-11(17(21)22)6-7-18-14(13)9-10/h2-7,9H,8H2,1H3,(H,21,22). The van der Waals surface area contributed by atoms with Crippen molar-refractivity contribution in [3.63, 3.8) is 0 Å². The van der Waals surface area contributed by atoms with Crippen molar-refractivity contribution in [1.82, 2.24) is 14.8 Å². The number of carbonyl (C=O) groups is 1. The zero-order valence-corrected chi connectivity index (χ0v) is 11.9. The van der Waals surface area contributed by atoms with Crippen LogP contribution < -0.4 is 0 Å². The lowest BCUT2D eigenvalue weighted by molar-refractivity contribution is 0.0695. The number of para-hydroxylation sites is 1. The molecule has 0 fully saturated rings. The fourth-order valence-corrected chi connectivity index (χ4v) is 3.03. The number of hydrogen-bond acceptors (Lipinski definition) is 3. The number of nitrogens with zero attached hydrogens (tertiary/aromatic N) is 3. The number of aromatic nitrogens is 3. The zero-order chi connectivity index (χ0) is 15.3. The Labute approximate surface area is 126 Å². The molecule has 0 spiro atoms. The van der Waals surface area contributed by atoms with Gasteiger partial charge in [0.15, 0.2) is 0 Å². The molecule has 4 rings (SSSR count). The highest BCUT2D eigenvalue weighted by Crippen LogP contribution is 2.34. The van der Waals surface area contributed by atoms with Crippen molar-refractivity contribution in [2.45, 2.75) is 6.42 Å². The molecule has 2 heterocycles. The topological polar surface area (TPSA) is 68.0 Å². The number of hydrogen-bond donors (Lipinski definition) is 1. The van der Waals surface area contributed by atoms with Gasteiger partial charge in [0.25, 0.3) is 0 Å². The van der Waals surface area contributed by atoms with E-state index in [0.717, 1.165) is 33.4 Å². The van der Waals surface area contributed by atoms with Crippen LogP contribution in [0.4, 0.5) is 0 Å². The van der Waals surface area contributed by atoms with Crippen LogP contribution in [0.25, 0.3) is 22.6 Å². The van der Waals surface area contributed by atoms with E-state index < -0.39 is 5.97 Å². The molecule has 1 aliphatic carbocycles. The predicted octanol–water partition coefficient (Wildman–Crippen LogP) is 2.76. The van der Waals surface area contributed by atoms with Gasteiger partial charge in [0.2, 0.25) is 0 Å². The van der Waals surface area contributed by atoms with Crippen LogP contribution in [0.15, 0.2) is 36.5 Å². The molecule has 5 heteroatoms. The summed E-state index contributed by atoms with van der Waals surface area (Å²) in [5.41, 5.74) is 4.77. The van der Waals surface area contributed by atoms with Crippen molar-refractivity contribution in [1.29, 1.82) is 0 Å². The summed E-state index contributed by atoms with van der Waals surface area (Å²) < 4.78 is 1.85. The van der Waals surface area contributed by atoms with Gasteiger partial charge < -0.3 is 5.11 Å². The van der Waals surface area contributed by atoms with Crippen molar-refractivity contribution >= 4 is 28.5 Å². The Morgan fingerprint density at radius 3 is 2.91 bits per heavy atom. The minimum atomic E-state index is -0.917. The van der Waals surface area contributed by atoms with E-state index in [1.807, 2.05) is 42.1 Å². The van der Waals surface area contributed by atoms with E-state index >= 15 is 0 Å². The Bertz CT molecular complexity index is 954. The molecule has 0 saturated heterocycles. The normalized spacial score (nSPS) is 13.2. The van der Waals surface area contributed by atoms with Gasteiger partial charge >= 0.3 is 5.97 Å². The van der Waals surface area contributed by atoms with Gasteiger partial charge in [0.05, 0.1) is 22.5 Å². The third kappa shape index (κ3) is 1.75. The number of carboxylic acids is 1. The van der Waals surface area contributed by atoms with E-state index in [1.165, 1.54) is 6.20 Å². The number of aromatic carboxylic acids is 1. The second-order valence-corrected chi connectivity index (χ2v) is 5.36. The zero-order valence-electron chi connectivity index (χ0n) is 11.9. The van der Waals surface area contributed by atoms with Crippen LogP contribution in [-0.2, 0) is 13.5 Å². The molecule has 5 nitrogen and oxygen atoms in total. The fraction of sp³-hybridized carbons (Fsp3) is 0.118. The molecule has 0 unspecified atom stereocenters. The van der Waals surface area contributed by atoms with E-state index in [0.29, 0.717) is 12.0 Å². The summed E-state index contributed by atoms with van der Waals surface area (Å²) in [6.45, 7) is 0. The van der Waals surface area contributed by atoms with Crippen molar-refractivity contribution in [2.24, 2.45) is 7.05 Å². The Kier molecular flexibility index (Phi) is 2.63. The number of allylic oxidation sites excluding steroid dienone is 1. The van der Waals surface area contributed by atoms with Gasteiger partial charge in [-0.25, -0.2) is 4.79 Å². The number of carboxylic acid groups (broad SMARTS) is 1. The quantitative estimate of drug-likeness (QED) is 0.788. The number of aryl methyl sites for hydroxylation is 1. The summed E-state index contributed by atoms with van der Waals surface area (Å²) in [5.74, 6) is -0.917. The molecule has 0 bridgehead atoms. The number of pyridine rings is 1. The molecule has 2 aromatic heterocycles. The molecule has 3 aromatic rings. The molecular weight excluding hydrogens is 278 g/mol. The van der Waals surface area contributed by atoms with Gasteiger partial charge in [-0.05, 0) is 29.3 Å². The first-order chi connectivity index (χ1) is 10.6. The van der Waals surface area contributed by atoms with Crippen molar-refractivity contribution in [2.75, 3.05) is 0 Å². The molecule has 1 aliphatic rings. The van der Waals surface area contributed by atoms with E-state index in [9.17, 15) is 9.90 Å². The molecule has 0 aliphatic heterocycles. The van der Waals surface area contributed by atoms with Crippen molar-refractivity contribution < 1.29 is 9.90 Å². The number of benzene rings is 1. The molecular formula is C17H13N3O2.